The predicted octanol–water partition coefficient (Wildman–Crippen LogP) is 5.02. The van der Waals surface area contributed by atoms with E-state index in [2.05, 4.69) is 16.4 Å². The quantitative estimate of drug-likeness (QED) is 0.477. The van der Waals surface area contributed by atoms with Gasteiger partial charge in [-0.25, -0.2) is 4.98 Å². The highest BCUT2D eigenvalue weighted by Crippen LogP contribution is 2.30. The van der Waals surface area contributed by atoms with E-state index in [0.29, 0.717) is 36.6 Å². The number of ether oxygens (including phenoxy) is 1. The van der Waals surface area contributed by atoms with Crippen LogP contribution in [0.3, 0.4) is 0 Å². The number of nitriles is 1. The smallest absolute Gasteiger partial charge is 0.417 e. The molecule has 2 atom stereocenters. The summed E-state index contributed by atoms with van der Waals surface area (Å²) in [4.78, 5) is 18.0. The molecule has 0 unspecified atom stereocenters. The van der Waals surface area contributed by atoms with Gasteiger partial charge in [0, 0.05) is 18.4 Å². The van der Waals surface area contributed by atoms with E-state index in [9.17, 15) is 23.2 Å². The van der Waals surface area contributed by atoms with E-state index in [1.54, 1.807) is 41.3 Å². The average molecular weight is 496 g/mol. The fourth-order valence-corrected chi connectivity index (χ4v) is 3.94. The van der Waals surface area contributed by atoms with Crippen LogP contribution in [-0.2, 0) is 17.4 Å². The first-order valence-electron chi connectivity index (χ1n) is 11.4. The van der Waals surface area contributed by atoms with Gasteiger partial charge in [-0.1, -0.05) is 12.1 Å². The number of aromatic nitrogens is 1. The van der Waals surface area contributed by atoms with E-state index in [1.807, 2.05) is 12.1 Å². The van der Waals surface area contributed by atoms with Crippen molar-refractivity contribution in [2.24, 2.45) is 5.73 Å². The number of amides is 1. The van der Waals surface area contributed by atoms with Crippen LogP contribution in [0, 0.1) is 11.3 Å². The molecule has 3 N–H and O–H groups in total. The van der Waals surface area contributed by atoms with Crippen LogP contribution in [0.5, 0.6) is 11.5 Å². The molecule has 0 spiro atoms. The number of nitrogens with zero attached hydrogens (tertiary/aromatic N) is 3. The minimum atomic E-state index is -4.43. The summed E-state index contributed by atoms with van der Waals surface area (Å²) in [6, 6.07) is 17.4. The van der Waals surface area contributed by atoms with Crippen LogP contribution in [0.15, 0.2) is 66.9 Å². The second-order valence-corrected chi connectivity index (χ2v) is 8.45. The molecule has 2 heterocycles. The van der Waals surface area contributed by atoms with Gasteiger partial charge in [0.15, 0.2) is 0 Å². The molecule has 0 radical (unpaired) electrons. The Labute approximate surface area is 206 Å². The maximum absolute atomic E-state index is 12.7. The number of anilines is 2. The van der Waals surface area contributed by atoms with E-state index in [-0.39, 0.29) is 11.7 Å². The highest BCUT2D eigenvalue weighted by molar-refractivity contribution is 5.82. The van der Waals surface area contributed by atoms with Crippen molar-refractivity contribution in [1.82, 2.24) is 9.88 Å². The number of nitrogens with one attached hydrogen (secondary N) is 1. The molecule has 4 rings (SSSR count). The molecule has 1 aliphatic heterocycles. The molecular weight excluding hydrogens is 471 g/mol. The molecule has 1 aromatic heterocycles. The van der Waals surface area contributed by atoms with Crippen LogP contribution in [0.1, 0.15) is 24.0 Å². The molecule has 3 aromatic rings. The number of hydrogen-bond acceptors (Lipinski definition) is 6. The summed E-state index contributed by atoms with van der Waals surface area (Å²) in [6.07, 6.45) is -1.80. The number of alkyl halides is 3. The third-order valence-electron chi connectivity index (χ3n) is 5.83. The number of halogens is 3. The van der Waals surface area contributed by atoms with Gasteiger partial charge < -0.3 is 20.7 Å². The fraction of sp³-hybridized carbons (Fsp3) is 0.269. The summed E-state index contributed by atoms with van der Waals surface area (Å²) in [5, 5.41) is 12.1. The molecule has 1 amide bonds. The first kappa shape index (κ1) is 25.0. The topological polar surface area (TPSA) is 104 Å². The molecule has 0 saturated carbocycles. The average Bonchev–Trinajstić information content (AvgIpc) is 3.35. The second kappa shape index (κ2) is 10.7. The van der Waals surface area contributed by atoms with E-state index in [0.717, 1.165) is 24.2 Å². The maximum atomic E-state index is 12.7. The first-order chi connectivity index (χ1) is 17.2. The summed E-state index contributed by atoms with van der Waals surface area (Å²) in [6.45, 7) is 0.562. The van der Waals surface area contributed by atoms with Crippen LogP contribution in [0.2, 0.25) is 0 Å². The lowest BCUT2D eigenvalue weighted by atomic mass is 10.0. The van der Waals surface area contributed by atoms with Crippen molar-refractivity contribution in [3.05, 3.63) is 78.0 Å². The first-order valence-corrected chi connectivity index (χ1v) is 11.4. The number of carbonyl (C=O) groups excluding carboxylic acids is 1. The largest absolute Gasteiger partial charge is 0.457 e. The minimum absolute atomic E-state index is 0.209. The van der Waals surface area contributed by atoms with E-state index >= 15 is 0 Å². The Hall–Kier alpha value is -4.10. The Morgan fingerprint density at radius 3 is 2.39 bits per heavy atom. The van der Waals surface area contributed by atoms with Crippen molar-refractivity contribution in [3.8, 4) is 17.6 Å². The maximum Gasteiger partial charge on any atom is 0.417 e. The van der Waals surface area contributed by atoms with Gasteiger partial charge in [-0.3, -0.25) is 4.79 Å². The number of carbonyl (C=O) groups is 1. The van der Waals surface area contributed by atoms with Gasteiger partial charge in [0.2, 0.25) is 5.91 Å². The van der Waals surface area contributed by atoms with E-state index < -0.39 is 23.8 Å². The molecule has 0 bridgehead atoms. The Balaban J connectivity index is 1.30. The second-order valence-electron chi connectivity index (χ2n) is 8.45. The Kier molecular flexibility index (Phi) is 7.41. The Bertz CT molecular complexity index is 1220. The summed E-state index contributed by atoms with van der Waals surface area (Å²) < 4.78 is 43.8. The van der Waals surface area contributed by atoms with Gasteiger partial charge in [-0.2, -0.15) is 18.4 Å². The standard InChI is InChI=1S/C26H24F3N5O2/c27-26(28,29)18-5-12-24(32-16-18)33-19-6-10-22(11-7-19)36-21-8-3-17(4-9-21)14-23(31)25(35)34-13-1-2-20(34)15-30/h3-12,16,20,23H,1-2,13-14,31H2,(H,32,33)/t20-,23-/m0/s1. The molecule has 1 fully saturated rings. The predicted molar refractivity (Wildman–Crippen MR) is 128 cm³/mol. The number of hydrogen-bond donors (Lipinski definition) is 2. The van der Waals surface area contributed by atoms with Crippen molar-refractivity contribution >= 4 is 17.4 Å². The lowest BCUT2D eigenvalue weighted by molar-refractivity contribution is -0.137. The van der Waals surface area contributed by atoms with Crippen molar-refractivity contribution in [2.45, 2.75) is 37.5 Å². The van der Waals surface area contributed by atoms with Crippen molar-refractivity contribution in [3.63, 3.8) is 0 Å². The van der Waals surface area contributed by atoms with E-state index in [4.69, 9.17) is 10.5 Å². The number of pyridine rings is 1. The number of benzene rings is 2. The zero-order valence-electron chi connectivity index (χ0n) is 19.2. The summed E-state index contributed by atoms with van der Waals surface area (Å²) in [5.41, 5.74) is 6.82. The van der Waals surface area contributed by atoms with Crippen molar-refractivity contribution < 1.29 is 22.7 Å². The molecule has 36 heavy (non-hydrogen) atoms. The number of nitrogens with two attached hydrogens (primary N) is 1. The molecule has 1 saturated heterocycles. The van der Waals surface area contributed by atoms with Crippen molar-refractivity contribution in [2.75, 3.05) is 11.9 Å². The fourth-order valence-electron chi connectivity index (χ4n) is 3.94. The molecule has 0 aliphatic carbocycles. The highest BCUT2D eigenvalue weighted by atomic mass is 19.4. The Morgan fingerprint density at radius 2 is 1.81 bits per heavy atom. The minimum Gasteiger partial charge on any atom is -0.457 e. The third kappa shape index (κ3) is 6.12. The molecule has 10 heteroatoms. The number of rotatable bonds is 7. The van der Waals surface area contributed by atoms with Crippen LogP contribution < -0.4 is 15.8 Å². The highest BCUT2D eigenvalue weighted by Gasteiger charge is 2.32. The molecule has 2 aromatic carbocycles. The van der Waals surface area contributed by atoms with Gasteiger partial charge in [0.05, 0.1) is 17.7 Å². The molecular formula is C26H24F3N5O2. The lowest BCUT2D eigenvalue weighted by Crippen LogP contribution is -2.46. The summed E-state index contributed by atoms with van der Waals surface area (Å²) in [7, 11) is 0. The molecule has 7 nitrogen and oxygen atoms in total. The summed E-state index contributed by atoms with van der Waals surface area (Å²) >= 11 is 0. The van der Waals surface area contributed by atoms with Crippen molar-refractivity contribution in [1.29, 1.82) is 5.26 Å². The third-order valence-corrected chi connectivity index (χ3v) is 5.83. The van der Waals surface area contributed by atoms with E-state index in [1.165, 1.54) is 6.07 Å². The SMILES string of the molecule is N#C[C@@H]1CCCN1C(=O)[C@@H](N)Cc1ccc(Oc2ccc(Nc3ccc(C(F)(F)F)cn3)cc2)cc1. The molecule has 1 aliphatic rings. The number of likely N-dealkylation sites (tertiary alicyclic amines) is 1. The van der Waals surface area contributed by atoms with Crippen LogP contribution in [0.4, 0.5) is 24.7 Å². The van der Waals surface area contributed by atoms with Gasteiger partial charge in [-0.05, 0) is 73.4 Å². The summed E-state index contributed by atoms with van der Waals surface area (Å²) in [5.74, 6) is 1.24. The lowest BCUT2D eigenvalue weighted by Gasteiger charge is -2.23. The molecule has 186 valence electrons. The van der Waals surface area contributed by atoms with Gasteiger partial charge in [0.1, 0.15) is 23.4 Å². The normalized spacial score (nSPS) is 16.3. The van der Waals surface area contributed by atoms with Gasteiger partial charge >= 0.3 is 6.18 Å². The van der Waals surface area contributed by atoms with Crippen LogP contribution in [-0.4, -0.2) is 34.4 Å². The van der Waals surface area contributed by atoms with Gasteiger partial charge in [-0.15, -0.1) is 0 Å². The monoisotopic (exact) mass is 495 g/mol. The Morgan fingerprint density at radius 1 is 1.14 bits per heavy atom. The zero-order valence-corrected chi connectivity index (χ0v) is 19.2. The van der Waals surface area contributed by atoms with Gasteiger partial charge in [0.25, 0.3) is 0 Å². The zero-order chi connectivity index (χ0) is 25.7. The van der Waals surface area contributed by atoms with Crippen LogP contribution >= 0.6 is 0 Å². The van der Waals surface area contributed by atoms with Crippen LogP contribution in [0.25, 0.3) is 0 Å².